The lowest BCUT2D eigenvalue weighted by molar-refractivity contribution is 0.0694. The first-order valence-corrected chi connectivity index (χ1v) is 5.62. The zero-order valence-corrected chi connectivity index (χ0v) is 10.6. The molecular formula is C14H13NO4. The molecule has 0 radical (unpaired) electrons. The van der Waals surface area contributed by atoms with Crippen molar-refractivity contribution in [2.45, 2.75) is 6.92 Å². The van der Waals surface area contributed by atoms with Crippen LogP contribution in [-0.2, 0) is 0 Å². The minimum atomic E-state index is -1.06. The number of carbonyl (C=O) groups is 1. The van der Waals surface area contributed by atoms with Gasteiger partial charge in [-0.15, -0.1) is 0 Å². The first kappa shape index (κ1) is 12.9. The summed E-state index contributed by atoms with van der Waals surface area (Å²) in [6.07, 6.45) is 1.54. The largest absolute Gasteiger partial charge is 0.497 e. The number of nitrogens with zero attached hydrogens (tertiary/aromatic N) is 1. The molecule has 0 aliphatic carbocycles. The molecule has 0 bridgehead atoms. The lowest BCUT2D eigenvalue weighted by Gasteiger charge is -2.10. The van der Waals surface area contributed by atoms with Crippen molar-refractivity contribution < 1.29 is 19.4 Å². The molecule has 0 aliphatic heterocycles. The van der Waals surface area contributed by atoms with Crippen molar-refractivity contribution in [3.8, 4) is 17.2 Å². The van der Waals surface area contributed by atoms with Crippen molar-refractivity contribution >= 4 is 5.97 Å². The van der Waals surface area contributed by atoms with E-state index in [1.807, 2.05) is 6.92 Å². The molecule has 0 spiro atoms. The van der Waals surface area contributed by atoms with Crippen LogP contribution in [0.25, 0.3) is 0 Å². The van der Waals surface area contributed by atoms with Crippen LogP contribution in [0.1, 0.15) is 16.1 Å². The highest BCUT2D eigenvalue weighted by atomic mass is 16.5. The predicted molar refractivity (Wildman–Crippen MR) is 69.0 cm³/mol. The van der Waals surface area contributed by atoms with Crippen molar-refractivity contribution in [2.24, 2.45) is 0 Å². The molecule has 0 saturated heterocycles. The first-order valence-electron chi connectivity index (χ1n) is 5.62. The summed E-state index contributed by atoms with van der Waals surface area (Å²) in [6, 6.07) is 8.06. The Bertz CT molecular complexity index is 593. The SMILES string of the molecule is COc1ccc(C(=O)O)c(Oc2ccc(C)nc2)c1. The maximum absolute atomic E-state index is 11.1. The summed E-state index contributed by atoms with van der Waals surface area (Å²) in [4.78, 5) is 15.2. The average Bonchev–Trinajstić information content (AvgIpc) is 2.41. The fourth-order valence-electron chi connectivity index (χ4n) is 1.53. The molecule has 1 heterocycles. The van der Waals surface area contributed by atoms with E-state index < -0.39 is 5.97 Å². The van der Waals surface area contributed by atoms with Crippen LogP contribution < -0.4 is 9.47 Å². The normalized spacial score (nSPS) is 10.0. The van der Waals surface area contributed by atoms with Gasteiger partial charge < -0.3 is 14.6 Å². The number of aromatic nitrogens is 1. The van der Waals surface area contributed by atoms with Crippen LogP contribution in [0.15, 0.2) is 36.5 Å². The number of hydrogen-bond donors (Lipinski definition) is 1. The summed E-state index contributed by atoms with van der Waals surface area (Å²) < 4.78 is 10.6. The zero-order valence-electron chi connectivity index (χ0n) is 10.6. The molecule has 0 fully saturated rings. The lowest BCUT2D eigenvalue weighted by atomic mass is 10.2. The van der Waals surface area contributed by atoms with Gasteiger partial charge in [-0.25, -0.2) is 4.79 Å². The Hall–Kier alpha value is -2.56. The quantitative estimate of drug-likeness (QED) is 0.914. The number of rotatable bonds is 4. The third-order valence-corrected chi connectivity index (χ3v) is 2.53. The van der Waals surface area contributed by atoms with Crippen LogP contribution in [-0.4, -0.2) is 23.2 Å². The zero-order chi connectivity index (χ0) is 13.8. The number of carboxylic acids is 1. The molecule has 0 atom stereocenters. The molecule has 19 heavy (non-hydrogen) atoms. The molecule has 5 heteroatoms. The number of methoxy groups -OCH3 is 1. The van der Waals surface area contributed by atoms with Gasteiger partial charge in [0, 0.05) is 11.8 Å². The predicted octanol–water partition coefficient (Wildman–Crippen LogP) is 2.89. The Morgan fingerprint density at radius 2 is 1.95 bits per heavy atom. The fourth-order valence-corrected chi connectivity index (χ4v) is 1.53. The number of hydrogen-bond acceptors (Lipinski definition) is 4. The van der Waals surface area contributed by atoms with Crippen LogP contribution >= 0.6 is 0 Å². The lowest BCUT2D eigenvalue weighted by Crippen LogP contribution is -2.00. The molecule has 0 aliphatic rings. The van der Waals surface area contributed by atoms with E-state index in [-0.39, 0.29) is 11.3 Å². The first-order chi connectivity index (χ1) is 9.10. The summed E-state index contributed by atoms with van der Waals surface area (Å²) >= 11 is 0. The molecule has 1 N–H and O–H groups in total. The molecule has 0 amide bonds. The highest BCUT2D eigenvalue weighted by Crippen LogP contribution is 2.29. The summed E-state index contributed by atoms with van der Waals surface area (Å²) in [7, 11) is 1.51. The minimum absolute atomic E-state index is 0.0707. The van der Waals surface area contributed by atoms with E-state index in [0.29, 0.717) is 11.5 Å². The molecule has 1 aromatic carbocycles. The van der Waals surface area contributed by atoms with Gasteiger partial charge in [0.2, 0.25) is 0 Å². The highest BCUT2D eigenvalue weighted by Gasteiger charge is 2.13. The maximum Gasteiger partial charge on any atom is 0.339 e. The van der Waals surface area contributed by atoms with Crippen molar-refractivity contribution in [2.75, 3.05) is 7.11 Å². The Balaban J connectivity index is 2.36. The second-order valence-electron chi connectivity index (χ2n) is 3.90. The Morgan fingerprint density at radius 3 is 2.53 bits per heavy atom. The molecular weight excluding hydrogens is 246 g/mol. The van der Waals surface area contributed by atoms with Gasteiger partial charge in [0.1, 0.15) is 22.8 Å². The topological polar surface area (TPSA) is 68.7 Å². The number of benzene rings is 1. The minimum Gasteiger partial charge on any atom is -0.497 e. The molecule has 98 valence electrons. The van der Waals surface area contributed by atoms with Gasteiger partial charge >= 0.3 is 5.97 Å². The van der Waals surface area contributed by atoms with E-state index in [1.165, 1.54) is 19.2 Å². The summed E-state index contributed by atoms with van der Waals surface area (Å²) in [5.74, 6) is 0.164. The van der Waals surface area contributed by atoms with Gasteiger partial charge in [0.25, 0.3) is 0 Å². The monoisotopic (exact) mass is 259 g/mol. The molecule has 0 unspecified atom stereocenters. The summed E-state index contributed by atoms with van der Waals surface area (Å²) in [5.41, 5.74) is 0.929. The van der Waals surface area contributed by atoms with Crippen molar-refractivity contribution in [3.05, 3.63) is 47.8 Å². The van der Waals surface area contributed by atoms with Crippen molar-refractivity contribution in [1.29, 1.82) is 0 Å². The van der Waals surface area contributed by atoms with Gasteiger partial charge in [-0.2, -0.15) is 0 Å². The standard InChI is InChI=1S/C14H13NO4/c1-9-3-4-11(8-15-9)19-13-7-10(18-2)5-6-12(13)14(16)17/h3-8H,1-2H3,(H,16,17). The molecule has 2 aromatic rings. The number of aryl methyl sites for hydroxylation is 1. The van der Waals surface area contributed by atoms with Gasteiger partial charge in [-0.05, 0) is 31.2 Å². The number of ether oxygens (including phenoxy) is 2. The number of pyridine rings is 1. The van der Waals surface area contributed by atoms with Crippen molar-refractivity contribution in [3.63, 3.8) is 0 Å². The van der Waals surface area contributed by atoms with Gasteiger partial charge in [0.05, 0.1) is 13.3 Å². The average molecular weight is 259 g/mol. The fraction of sp³-hybridized carbons (Fsp3) is 0.143. The van der Waals surface area contributed by atoms with E-state index in [9.17, 15) is 4.79 Å². The number of aromatic carboxylic acids is 1. The molecule has 2 rings (SSSR count). The van der Waals surface area contributed by atoms with Gasteiger partial charge in [0.15, 0.2) is 0 Å². The molecule has 1 aromatic heterocycles. The van der Waals surface area contributed by atoms with Gasteiger partial charge in [-0.3, -0.25) is 4.98 Å². The third kappa shape index (κ3) is 3.01. The third-order valence-electron chi connectivity index (χ3n) is 2.53. The summed E-state index contributed by atoms with van der Waals surface area (Å²) in [5, 5.41) is 9.11. The Morgan fingerprint density at radius 1 is 1.21 bits per heavy atom. The van der Waals surface area contributed by atoms with Gasteiger partial charge in [-0.1, -0.05) is 0 Å². The van der Waals surface area contributed by atoms with Crippen LogP contribution in [0.2, 0.25) is 0 Å². The van der Waals surface area contributed by atoms with E-state index in [2.05, 4.69) is 4.98 Å². The van der Waals surface area contributed by atoms with E-state index in [1.54, 1.807) is 24.4 Å². The van der Waals surface area contributed by atoms with E-state index >= 15 is 0 Å². The highest BCUT2D eigenvalue weighted by molar-refractivity contribution is 5.91. The number of carboxylic acid groups (broad SMARTS) is 1. The van der Waals surface area contributed by atoms with E-state index in [4.69, 9.17) is 14.6 Å². The molecule has 0 saturated carbocycles. The maximum atomic E-state index is 11.1. The van der Waals surface area contributed by atoms with Crippen LogP contribution in [0.3, 0.4) is 0 Å². The Labute approximate surface area is 110 Å². The van der Waals surface area contributed by atoms with Crippen LogP contribution in [0, 0.1) is 6.92 Å². The second-order valence-corrected chi connectivity index (χ2v) is 3.90. The Kier molecular flexibility index (Phi) is 3.66. The molecule has 5 nitrogen and oxygen atoms in total. The summed E-state index contributed by atoms with van der Waals surface area (Å²) in [6.45, 7) is 1.86. The van der Waals surface area contributed by atoms with Crippen LogP contribution in [0.4, 0.5) is 0 Å². The van der Waals surface area contributed by atoms with Crippen LogP contribution in [0.5, 0.6) is 17.2 Å². The van der Waals surface area contributed by atoms with Crippen molar-refractivity contribution in [1.82, 2.24) is 4.98 Å². The second kappa shape index (κ2) is 5.39. The smallest absolute Gasteiger partial charge is 0.339 e. The van der Waals surface area contributed by atoms with E-state index in [0.717, 1.165) is 5.69 Å².